The van der Waals surface area contributed by atoms with Gasteiger partial charge < -0.3 is 10.1 Å². The van der Waals surface area contributed by atoms with Gasteiger partial charge in [-0.3, -0.25) is 4.79 Å². The van der Waals surface area contributed by atoms with Gasteiger partial charge in [0, 0.05) is 11.6 Å². The summed E-state index contributed by atoms with van der Waals surface area (Å²) in [5, 5.41) is 3.69. The first-order chi connectivity index (χ1) is 10.1. The average molecular weight is 310 g/mol. The molecule has 1 aromatic carbocycles. The quantitative estimate of drug-likeness (QED) is 0.889. The number of carbonyl (C=O) groups excluding carboxylic acids is 1. The molecule has 0 aromatic heterocycles. The number of aryl methyl sites for hydroxylation is 1. The summed E-state index contributed by atoms with van der Waals surface area (Å²) in [7, 11) is 0. The minimum Gasteiger partial charge on any atom is -0.481 e. The van der Waals surface area contributed by atoms with Gasteiger partial charge in [-0.1, -0.05) is 30.9 Å². The summed E-state index contributed by atoms with van der Waals surface area (Å²) in [6.07, 6.45) is 5.87. The monoisotopic (exact) mass is 309 g/mol. The van der Waals surface area contributed by atoms with Gasteiger partial charge >= 0.3 is 0 Å². The van der Waals surface area contributed by atoms with Crippen molar-refractivity contribution in [2.75, 3.05) is 6.54 Å². The van der Waals surface area contributed by atoms with Crippen molar-refractivity contribution in [3.8, 4) is 5.75 Å². The molecule has 0 radical (unpaired) electrons. The summed E-state index contributed by atoms with van der Waals surface area (Å²) in [5.74, 6) is 1.29. The maximum Gasteiger partial charge on any atom is 0.260 e. The molecule has 1 saturated carbocycles. The largest absolute Gasteiger partial charge is 0.481 e. The van der Waals surface area contributed by atoms with Crippen molar-refractivity contribution >= 4 is 17.5 Å². The van der Waals surface area contributed by atoms with Crippen LogP contribution in [-0.2, 0) is 4.79 Å². The van der Waals surface area contributed by atoms with E-state index in [1.165, 1.54) is 32.1 Å². The zero-order valence-electron chi connectivity index (χ0n) is 12.8. The van der Waals surface area contributed by atoms with E-state index in [2.05, 4.69) is 5.32 Å². The normalized spacial score (nSPS) is 17.3. The van der Waals surface area contributed by atoms with Gasteiger partial charge in [0.2, 0.25) is 0 Å². The van der Waals surface area contributed by atoms with E-state index in [1.54, 1.807) is 13.0 Å². The number of nitrogens with one attached hydrogen (secondary N) is 1. The second-order valence-electron chi connectivity index (χ2n) is 5.92. The van der Waals surface area contributed by atoms with Gasteiger partial charge in [-0.15, -0.1) is 0 Å². The Hall–Kier alpha value is -1.22. The highest BCUT2D eigenvalue weighted by Gasteiger charge is 2.18. The summed E-state index contributed by atoms with van der Waals surface area (Å²) in [6.45, 7) is 4.48. The van der Waals surface area contributed by atoms with Crippen LogP contribution in [0, 0.1) is 12.8 Å². The SMILES string of the molecule is Cc1cc(Cl)ccc1O[C@@H](C)C(=O)NCC1CCCCC1. The molecule has 0 spiro atoms. The van der Waals surface area contributed by atoms with Gasteiger partial charge in [0.05, 0.1) is 0 Å². The first-order valence-corrected chi connectivity index (χ1v) is 8.14. The van der Waals surface area contributed by atoms with Crippen LogP contribution in [0.3, 0.4) is 0 Å². The Morgan fingerprint density at radius 1 is 1.38 bits per heavy atom. The second kappa shape index (κ2) is 7.69. The third kappa shape index (κ3) is 4.92. The van der Waals surface area contributed by atoms with Crippen LogP contribution < -0.4 is 10.1 Å². The fourth-order valence-corrected chi connectivity index (χ4v) is 3.00. The molecule has 1 N–H and O–H groups in total. The van der Waals surface area contributed by atoms with E-state index < -0.39 is 6.10 Å². The Kier molecular flexibility index (Phi) is 5.92. The van der Waals surface area contributed by atoms with Crippen LogP contribution in [0.5, 0.6) is 5.75 Å². The molecular formula is C17H24ClNO2. The van der Waals surface area contributed by atoms with Crippen molar-refractivity contribution < 1.29 is 9.53 Å². The molecule has 4 heteroatoms. The van der Waals surface area contributed by atoms with Gasteiger partial charge in [0.1, 0.15) is 5.75 Å². The topological polar surface area (TPSA) is 38.3 Å². The van der Waals surface area contributed by atoms with Gasteiger partial charge in [-0.05, 0) is 56.4 Å². The minimum atomic E-state index is -0.492. The van der Waals surface area contributed by atoms with Crippen molar-refractivity contribution in [3.63, 3.8) is 0 Å². The summed E-state index contributed by atoms with van der Waals surface area (Å²) in [4.78, 5) is 12.1. The van der Waals surface area contributed by atoms with E-state index in [1.807, 2.05) is 19.1 Å². The molecule has 1 aliphatic carbocycles. The van der Waals surface area contributed by atoms with Crippen LogP contribution in [0.25, 0.3) is 0 Å². The molecule has 116 valence electrons. The summed E-state index contributed by atoms with van der Waals surface area (Å²) in [5.41, 5.74) is 0.939. The number of hydrogen-bond acceptors (Lipinski definition) is 2. The molecule has 21 heavy (non-hydrogen) atoms. The van der Waals surface area contributed by atoms with Crippen LogP contribution in [0.2, 0.25) is 5.02 Å². The Bertz CT molecular complexity index is 484. The highest BCUT2D eigenvalue weighted by Crippen LogP contribution is 2.24. The van der Waals surface area contributed by atoms with Gasteiger partial charge in [-0.2, -0.15) is 0 Å². The standard InChI is InChI=1S/C17H24ClNO2/c1-12-10-15(18)8-9-16(12)21-13(2)17(20)19-11-14-6-4-3-5-7-14/h8-10,13-14H,3-7,11H2,1-2H3,(H,19,20)/t13-/m0/s1. The van der Waals surface area contributed by atoms with Gasteiger partial charge in [0.15, 0.2) is 6.10 Å². The number of benzene rings is 1. The lowest BCUT2D eigenvalue weighted by molar-refractivity contribution is -0.127. The zero-order chi connectivity index (χ0) is 15.2. The van der Waals surface area contributed by atoms with Crippen molar-refractivity contribution in [2.45, 2.75) is 52.1 Å². The van der Waals surface area contributed by atoms with Crippen molar-refractivity contribution in [1.29, 1.82) is 0 Å². The molecular weight excluding hydrogens is 286 g/mol. The fraction of sp³-hybridized carbons (Fsp3) is 0.588. The Morgan fingerprint density at radius 3 is 2.76 bits per heavy atom. The number of halogens is 1. The third-order valence-corrected chi connectivity index (χ3v) is 4.33. The number of hydrogen-bond donors (Lipinski definition) is 1. The molecule has 1 atom stereocenters. The molecule has 0 heterocycles. The third-order valence-electron chi connectivity index (χ3n) is 4.10. The summed E-state index contributed by atoms with van der Waals surface area (Å²) in [6, 6.07) is 5.42. The Balaban J connectivity index is 1.81. The molecule has 1 amide bonds. The number of rotatable bonds is 5. The molecule has 1 fully saturated rings. The molecule has 0 bridgehead atoms. The van der Waals surface area contributed by atoms with Crippen LogP contribution in [0.15, 0.2) is 18.2 Å². The van der Waals surface area contributed by atoms with E-state index in [0.29, 0.717) is 16.7 Å². The highest BCUT2D eigenvalue weighted by molar-refractivity contribution is 6.30. The van der Waals surface area contributed by atoms with E-state index in [4.69, 9.17) is 16.3 Å². The lowest BCUT2D eigenvalue weighted by Crippen LogP contribution is -2.39. The molecule has 2 rings (SSSR count). The molecule has 0 aliphatic heterocycles. The number of carbonyl (C=O) groups is 1. The number of ether oxygens (including phenoxy) is 1. The van der Waals surface area contributed by atoms with Crippen LogP contribution in [0.1, 0.15) is 44.6 Å². The average Bonchev–Trinajstić information content (AvgIpc) is 2.48. The maximum absolute atomic E-state index is 12.1. The van der Waals surface area contributed by atoms with Crippen molar-refractivity contribution in [1.82, 2.24) is 5.32 Å². The first-order valence-electron chi connectivity index (χ1n) is 7.77. The van der Waals surface area contributed by atoms with E-state index >= 15 is 0 Å². The van der Waals surface area contributed by atoms with Gasteiger partial charge in [0.25, 0.3) is 5.91 Å². The number of amides is 1. The maximum atomic E-state index is 12.1. The molecule has 1 aliphatic rings. The van der Waals surface area contributed by atoms with E-state index in [9.17, 15) is 4.79 Å². The van der Waals surface area contributed by atoms with E-state index in [0.717, 1.165) is 12.1 Å². The van der Waals surface area contributed by atoms with Crippen LogP contribution in [0.4, 0.5) is 0 Å². The van der Waals surface area contributed by atoms with Gasteiger partial charge in [-0.25, -0.2) is 0 Å². The van der Waals surface area contributed by atoms with Crippen LogP contribution in [-0.4, -0.2) is 18.6 Å². The summed E-state index contributed by atoms with van der Waals surface area (Å²) >= 11 is 5.92. The lowest BCUT2D eigenvalue weighted by Gasteiger charge is -2.23. The molecule has 3 nitrogen and oxygen atoms in total. The second-order valence-corrected chi connectivity index (χ2v) is 6.36. The lowest BCUT2D eigenvalue weighted by atomic mass is 9.89. The molecule has 0 unspecified atom stereocenters. The molecule has 1 aromatic rings. The van der Waals surface area contributed by atoms with Crippen molar-refractivity contribution in [2.24, 2.45) is 5.92 Å². The Morgan fingerprint density at radius 2 is 2.10 bits per heavy atom. The zero-order valence-corrected chi connectivity index (χ0v) is 13.6. The Labute approximate surface area is 132 Å². The van der Waals surface area contributed by atoms with E-state index in [-0.39, 0.29) is 5.91 Å². The predicted octanol–water partition coefficient (Wildman–Crippen LogP) is 4.11. The minimum absolute atomic E-state index is 0.0464. The molecule has 0 saturated heterocycles. The summed E-state index contributed by atoms with van der Waals surface area (Å²) < 4.78 is 5.73. The smallest absolute Gasteiger partial charge is 0.260 e. The fourth-order valence-electron chi connectivity index (χ4n) is 2.77. The first kappa shape index (κ1) is 16.2. The predicted molar refractivity (Wildman–Crippen MR) is 85.9 cm³/mol. The van der Waals surface area contributed by atoms with Crippen molar-refractivity contribution in [3.05, 3.63) is 28.8 Å². The van der Waals surface area contributed by atoms with Crippen LogP contribution >= 0.6 is 11.6 Å². The highest BCUT2D eigenvalue weighted by atomic mass is 35.5.